The second-order valence-corrected chi connectivity index (χ2v) is 8.25. The van der Waals surface area contributed by atoms with Crippen molar-refractivity contribution in [1.29, 1.82) is 0 Å². The van der Waals surface area contributed by atoms with Crippen LogP contribution in [-0.2, 0) is 12.0 Å². The molecule has 0 bridgehead atoms. The second kappa shape index (κ2) is 8.29. The van der Waals surface area contributed by atoms with Gasteiger partial charge in [-0.3, -0.25) is 0 Å². The normalized spacial score (nSPS) is 26.5. The molecular weight excluding hydrogens is 357 g/mol. The Morgan fingerprint density at radius 2 is 1.81 bits per heavy atom. The quantitative estimate of drug-likeness (QED) is 0.552. The fourth-order valence-electron chi connectivity index (χ4n) is 4.63. The summed E-state index contributed by atoms with van der Waals surface area (Å²) in [6.07, 6.45) is -1.45. The maximum Gasteiger partial charge on any atom is 0.391 e. The zero-order valence-electron chi connectivity index (χ0n) is 16.3. The lowest BCUT2D eigenvalue weighted by atomic mass is 9.62. The molecule has 0 heterocycles. The molecule has 0 saturated heterocycles. The van der Waals surface area contributed by atoms with Gasteiger partial charge in [-0.05, 0) is 55.6 Å². The highest BCUT2D eigenvalue weighted by molar-refractivity contribution is 5.49. The molecule has 0 aromatic heterocycles. The Labute approximate surface area is 159 Å². The number of hydrogen-bond donors (Lipinski definition) is 3. The smallest absolute Gasteiger partial charge is 0.391 e. The van der Waals surface area contributed by atoms with Gasteiger partial charge in [-0.15, -0.1) is 0 Å². The summed E-state index contributed by atoms with van der Waals surface area (Å²) >= 11 is 0. The maximum atomic E-state index is 13.4. The van der Waals surface area contributed by atoms with E-state index in [9.17, 15) is 28.5 Å². The third-order valence-corrected chi connectivity index (χ3v) is 5.93. The lowest BCUT2D eigenvalue weighted by Crippen LogP contribution is -2.47. The van der Waals surface area contributed by atoms with Gasteiger partial charge in [-0.25, -0.2) is 0 Å². The van der Waals surface area contributed by atoms with Crippen LogP contribution in [0.1, 0.15) is 70.4 Å². The molecule has 3 nitrogen and oxygen atoms in total. The summed E-state index contributed by atoms with van der Waals surface area (Å²) in [7, 11) is 0. The molecular formula is C21H31F3O3. The zero-order valence-corrected chi connectivity index (χ0v) is 16.3. The van der Waals surface area contributed by atoms with E-state index in [1.54, 1.807) is 0 Å². The molecule has 1 aromatic rings. The highest BCUT2D eigenvalue weighted by Gasteiger charge is 2.53. The Bertz CT molecular complexity index is 642. The van der Waals surface area contributed by atoms with E-state index in [2.05, 4.69) is 0 Å². The van der Waals surface area contributed by atoms with Gasteiger partial charge >= 0.3 is 6.18 Å². The molecule has 0 spiro atoms. The first kappa shape index (κ1) is 21.9. The SMILES string of the molecule is CCCCCc1cc(O)cc(O)c1C1(O)CC(C(F)(F)F)CCC1C(C)C. The number of phenolic OH excluding ortho intramolecular Hbond substituents is 2. The van der Waals surface area contributed by atoms with Crippen LogP contribution in [0.2, 0.25) is 0 Å². The summed E-state index contributed by atoms with van der Waals surface area (Å²) in [4.78, 5) is 0. The summed E-state index contributed by atoms with van der Waals surface area (Å²) in [5.41, 5.74) is -1.06. The molecule has 1 fully saturated rings. The highest BCUT2D eigenvalue weighted by atomic mass is 19.4. The van der Waals surface area contributed by atoms with Gasteiger partial charge < -0.3 is 15.3 Å². The summed E-state index contributed by atoms with van der Waals surface area (Å²) in [6, 6.07) is 2.59. The molecule has 3 unspecified atom stereocenters. The topological polar surface area (TPSA) is 60.7 Å². The minimum atomic E-state index is -4.38. The molecule has 0 radical (unpaired) electrons. The molecule has 27 heavy (non-hydrogen) atoms. The van der Waals surface area contributed by atoms with E-state index < -0.39 is 30.0 Å². The van der Waals surface area contributed by atoms with Gasteiger partial charge in [0.15, 0.2) is 0 Å². The van der Waals surface area contributed by atoms with Crippen molar-refractivity contribution in [3.05, 3.63) is 23.3 Å². The Kier molecular flexibility index (Phi) is 6.72. The summed E-state index contributed by atoms with van der Waals surface area (Å²) < 4.78 is 40.3. The lowest BCUT2D eigenvalue weighted by molar-refractivity contribution is -0.214. The van der Waals surface area contributed by atoms with Crippen LogP contribution >= 0.6 is 0 Å². The van der Waals surface area contributed by atoms with Crippen molar-refractivity contribution in [1.82, 2.24) is 0 Å². The first-order valence-corrected chi connectivity index (χ1v) is 9.85. The van der Waals surface area contributed by atoms with E-state index in [1.165, 1.54) is 6.07 Å². The first-order valence-electron chi connectivity index (χ1n) is 9.85. The van der Waals surface area contributed by atoms with E-state index in [0.29, 0.717) is 12.0 Å². The standard InChI is InChI=1S/C21H31F3O3/c1-4-5-6-7-14-10-16(25)11-18(26)19(14)20(27)12-15(21(22,23)24)8-9-17(20)13(2)3/h10-11,13,15,17,25-27H,4-9,12H2,1-3H3. The Morgan fingerprint density at radius 3 is 2.37 bits per heavy atom. The average Bonchev–Trinajstić information content (AvgIpc) is 2.52. The first-order chi connectivity index (χ1) is 12.5. The molecule has 2 rings (SSSR count). The van der Waals surface area contributed by atoms with Gasteiger partial charge in [0, 0.05) is 11.6 Å². The summed E-state index contributed by atoms with van der Waals surface area (Å²) in [5, 5.41) is 32.0. The fraction of sp³-hybridized carbons (Fsp3) is 0.714. The molecule has 6 heteroatoms. The van der Waals surface area contributed by atoms with Gasteiger partial charge in [-0.1, -0.05) is 33.6 Å². The largest absolute Gasteiger partial charge is 0.508 e. The predicted molar refractivity (Wildman–Crippen MR) is 98.6 cm³/mol. The molecule has 1 saturated carbocycles. The number of benzene rings is 1. The highest BCUT2D eigenvalue weighted by Crippen LogP contribution is 2.54. The van der Waals surface area contributed by atoms with E-state index in [0.717, 1.165) is 25.3 Å². The third-order valence-electron chi connectivity index (χ3n) is 5.93. The second-order valence-electron chi connectivity index (χ2n) is 8.25. The van der Waals surface area contributed by atoms with Crippen molar-refractivity contribution >= 4 is 0 Å². The molecule has 3 atom stereocenters. The van der Waals surface area contributed by atoms with Crippen LogP contribution in [0.4, 0.5) is 13.2 Å². The zero-order chi connectivity index (χ0) is 20.4. The number of phenols is 2. The summed E-state index contributed by atoms with van der Waals surface area (Å²) in [5.74, 6) is -2.50. The Morgan fingerprint density at radius 1 is 1.15 bits per heavy atom. The molecule has 3 N–H and O–H groups in total. The van der Waals surface area contributed by atoms with Crippen molar-refractivity contribution in [3.63, 3.8) is 0 Å². The summed E-state index contributed by atoms with van der Waals surface area (Å²) in [6.45, 7) is 5.81. The average molecular weight is 388 g/mol. The number of aromatic hydroxyl groups is 2. The molecule has 1 aromatic carbocycles. The van der Waals surface area contributed by atoms with Crippen LogP contribution in [-0.4, -0.2) is 21.5 Å². The van der Waals surface area contributed by atoms with Crippen LogP contribution in [0.15, 0.2) is 12.1 Å². The van der Waals surface area contributed by atoms with Crippen LogP contribution in [0.3, 0.4) is 0 Å². The fourth-order valence-corrected chi connectivity index (χ4v) is 4.63. The van der Waals surface area contributed by atoms with Crippen molar-refractivity contribution in [3.8, 4) is 11.5 Å². The van der Waals surface area contributed by atoms with Crippen LogP contribution in [0, 0.1) is 17.8 Å². The lowest BCUT2D eigenvalue weighted by Gasteiger charge is -2.47. The van der Waals surface area contributed by atoms with Crippen molar-refractivity contribution in [2.45, 2.75) is 77.5 Å². The van der Waals surface area contributed by atoms with Crippen molar-refractivity contribution in [2.75, 3.05) is 0 Å². The van der Waals surface area contributed by atoms with Crippen LogP contribution in [0.25, 0.3) is 0 Å². The van der Waals surface area contributed by atoms with E-state index >= 15 is 0 Å². The van der Waals surface area contributed by atoms with Crippen molar-refractivity contribution < 1.29 is 28.5 Å². The van der Waals surface area contributed by atoms with E-state index in [-0.39, 0.29) is 35.8 Å². The maximum absolute atomic E-state index is 13.4. The number of hydrogen-bond acceptors (Lipinski definition) is 3. The Balaban J connectivity index is 2.54. The van der Waals surface area contributed by atoms with Crippen molar-refractivity contribution in [2.24, 2.45) is 17.8 Å². The molecule has 0 amide bonds. The number of aryl methyl sites for hydroxylation is 1. The minimum absolute atomic E-state index is 0.0152. The predicted octanol–water partition coefficient (Wildman–Crippen LogP) is 5.65. The van der Waals surface area contributed by atoms with E-state index in [1.807, 2.05) is 20.8 Å². The number of unbranched alkanes of at least 4 members (excludes halogenated alkanes) is 2. The van der Waals surface area contributed by atoms with Gasteiger partial charge in [0.1, 0.15) is 11.5 Å². The number of rotatable bonds is 6. The molecule has 0 aliphatic heterocycles. The molecule has 154 valence electrons. The van der Waals surface area contributed by atoms with Gasteiger partial charge in [-0.2, -0.15) is 13.2 Å². The van der Waals surface area contributed by atoms with Gasteiger partial charge in [0.05, 0.1) is 11.5 Å². The number of halogens is 3. The van der Waals surface area contributed by atoms with Crippen LogP contribution < -0.4 is 0 Å². The third kappa shape index (κ3) is 4.71. The number of aliphatic hydroxyl groups is 1. The van der Waals surface area contributed by atoms with Gasteiger partial charge in [0.25, 0.3) is 0 Å². The molecule has 1 aliphatic carbocycles. The Hall–Kier alpha value is -1.43. The minimum Gasteiger partial charge on any atom is -0.508 e. The van der Waals surface area contributed by atoms with Gasteiger partial charge in [0.2, 0.25) is 0 Å². The monoisotopic (exact) mass is 388 g/mol. The van der Waals surface area contributed by atoms with Crippen LogP contribution in [0.5, 0.6) is 11.5 Å². The molecule has 1 aliphatic rings. The number of alkyl halides is 3. The van der Waals surface area contributed by atoms with E-state index in [4.69, 9.17) is 0 Å².